The monoisotopic (exact) mass is 262 g/mol. The zero-order valence-electron chi connectivity index (χ0n) is 7.61. The quantitative estimate of drug-likeness (QED) is 0.839. The van der Waals surface area contributed by atoms with Crippen LogP contribution in [0.15, 0.2) is 39.7 Å². The fraction of sp³-hybridized carbons (Fsp3) is 0.100. The molecule has 0 atom stereocenters. The highest BCUT2D eigenvalue weighted by Gasteiger charge is 2.03. The van der Waals surface area contributed by atoms with Crippen LogP contribution in [0.5, 0.6) is 0 Å². The molecule has 0 spiro atoms. The fourth-order valence-electron chi connectivity index (χ4n) is 0.903. The van der Waals surface area contributed by atoms with E-state index >= 15 is 0 Å². The Morgan fingerprint density at radius 1 is 1.53 bits per heavy atom. The first-order valence-corrected chi connectivity index (χ1v) is 5.84. The molecule has 15 heavy (non-hydrogen) atoms. The minimum absolute atomic E-state index is 0.269. The first-order valence-electron chi connectivity index (χ1n) is 4.04. The lowest BCUT2D eigenvalue weighted by atomic mass is 10.2. The van der Waals surface area contributed by atoms with Crippen LogP contribution in [-0.4, -0.2) is 16.8 Å². The first-order chi connectivity index (χ1) is 7.13. The number of rotatable bonds is 4. The highest BCUT2D eigenvalue weighted by atomic mass is 35.5. The Morgan fingerprint density at radius 2 is 2.27 bits per heavy atom. The van der Waals surface area contributed by atoms with Crippen LogP contribution in [0.1, 0.15) is 10.4 Å². The summed E-state index contributed by atoms with van der Waals surface area (Å²) < 4.78 is 0. The van der Waals surface area contributed by atoms with Crippen molar-refractivity contribution in [2.24, 2.45) is 0 Å². The summed E-state index contributed by atoms with van der Waals surface area (Å²) in [7, 11) is 0. The minimum Gasteiger partial charge on any atom is -0.478 e. The maximum Gasteiger partial charge on any atom is 0.335 e. The van der Waals surface area contributed by atoms with E-state index in [-0.39, 0.29) is 5.56 Å². The van der Waals surface area contributed by atoms with Crippen LogP contribution >= 0.6 is 35.0 Å². The van der Waals surface area contributed by atoms with Gasteiger partial charge in [0.1, 0.15) is 0 Å². The molecule has 0 amide bonds. The summed E-state index contributed by atoms with van der Waals surface area (Å²) >= 11 is 12.5. The van der Waals surface area contributed by atoms with E-state index in [1.165, 1.54) is 17.3 Å². The molecule has 0 heterocycles. The topological polar surface area (TPSA) is 37.3 Å². The van der Waals surface area contributed by atoms with Gasteiger partial charge >= 0.3 is 5.97 Å². The normalized spacial score (nSPS) is 11.5. The average Bonchev–Trinajstić information content (AvgIpc) is 2.26. The number of carboxylic acid groups (broad SMARTS) is 1. The number of aromatic carboxylic acids is 1. The van der Waals surface area contributed by atoms with E-state index in [0.717, 1.165) is 4.90 Å². The van der Waals surface area contributed by atoms with Gasteiger partial charge < -0.3 is 5.11 Å². The van der Waals surface area contributed by atoms with E-state index in [4.69, 9.17) is 28.3 Å². The third-order valence-electron chi connectivity index (χ3n) is 1.58. The highest BCUT2D eigenvalue weighted by Crippen LogP contribution is 2.23. The van der Waals surface area contributed by atoms with Crippen molar-refractivity contribution in [3.63, 3.8) is 0 Å². The Morgan fingerprint density at radius 3 is 2.87 bits per heavy atom. The van der Waals surface area contributed by atoms with E-state index in [1.54, 1.807) is 18.2 Å². The van der Waals surface area contributed by atoms with Crippen molar-refractivity contribution in [2.45, 2.75) is 4.90 Å². The van der Waals surface area contributed by atoms with Crippen molar-refractivity contribution in [3.8, 4) is 0 Å². The van der Waals surface area contributed by atoms with Crippen molar-refractivity contribution in [1.29, 1.82) is 0 Å². The van der Waals surface area contributed by atoms with Gasteiger partial charge in [-0.15, -0.1) is 11.8 Å². The Kier molecular flexibility index (Phi) is 5.02. The van der Waals surface area contributed by atoms with Gasteiger partial charge in [0, 0.05) is 21.2 Å². The van der Waals surface area contributed by atoms with Crippen LogP contribution in [0.3, 0.4) is 0 Å². The number of carbonyl (C=O) groups is 1. The molecule has 1 rings (SSSR count). The Hall–Kier alpha value is -0.640. The molecule has 0 saturated heterocycles. The molecule has 0 radical (unpaired) electrons. The Bertz CT molecular complexity index is 391. The Balaban J connectivity index is 2.70. The molecular formula is C10H8Cl2O2S. The summed E-state index contributed by atoms with van der Waals surface area (Å²) in [5.74, 6) is -0.398. The average molecular weight is 263 g/mol. The molecule has 5 heteroatoms. The van der Waals surface area contributed by atoms with Gasteiger partial charge in [-0.05, 0) is 18.2 Å². The van der Waals surface area contributed by atoms with Crippen LogP contribution in [-0.2, 0) is 0 Å². The zero-order chi connectivity index (χ0) is 11.3. The number of halogens is 2. The molecule has 1 aromatic rings. The predicted molar refractivity (Wildman–Crippen MR) is 63.9 cm³/mol. The lowest BCUT2D eigenvalue weighted by molar-refractivity contribution is 0.0696. The lowest BCUT2D eigenvalue weighted by Gasteiger charge is -2.01. The smallest absolute Gasteiger partial charge is 0.335 e. The van der Waals surface area contributed by atoms with Crippen LogP contribution in [0.4, 0.5) is 0 Å². The molecule has 0 fully saturated rings. The summed E-state index contributed by atoms with van der Waals surface area (Å²) in [6, 6.07) is 6.68. The van der Waals surface area contributed by atoms with Crippen molar-refractivity contribution in [3.05, 3.63) is 40.4 Å². The van der Waals surface area contributed by atoms with Crippen LogP contribution in [0.2, 0.25) is 0 Å². The number of benzene rings is 1. The Labute approximate surface area is 102 Å². The van der Waals surface area contributed by atoms with Gasteiger partial charge in [0.05, 0.1) is 5.56 Å². The van der Waals surface area contributed by atoms with E-state index in [0.29, 0.717) is 10.8 Å². The molecule has 0 bridgehead atoms. The number of carboxylic acids is 1. The van der Waals surface area contributed by atoms with Crippen molar-refractivity contribution in [1.82, 2.24) is 0 Å². The van der Waals surface area contributed by atoms with Gasteiger partial charge in [-0.25, -0.2) is 4.79 Å². The molecule has 1 N–H and O–H groups in total. The molecule has 0 aliphatic heterocycles. The molecular weight excluding hydrogens is 255 g/mol. The van der Waals surface area contributed by atoms with E-state index in [1.807, 2.05) is 6.07 Å². The van der Waals surface area contributed by atoms with Gasteiger partial charge in [0.15, 0.2) is 0 Å². The fourth-order valence-corrected chi connectivity index (χ4v) is 2.01. The number of thioether (sulfide) groups is 1. The molecule has 0 aliphatic carbocycles. The molecule has 0 aliphatic rings. The third kappa shape index (κ3) is 4.16. The molecule has 1 aromatic carbocycles. The van der Waals surface area contributed by atoms with Gasteiger partial charge in [0.25, 0.3) is 0 Å². The number of hydrogen-bond acceptors (Lipinski definition) is 2. The maximum atomic E-state index is 10.7. The molecule has 2 nitrogen and oxygen atoms in total. The SMILES string of the molecule is O=C(O)c1cccc(SCC(Cl)=CCl)c1. The number of hydrogen-bond donors (Lipinski definition) is 1. The predicted octanol–water partition coefficient (Wildman–Crippen LogP) is 3.80. The van der Waals surface area contributed by atoms with Crippen LogP contribution in [0, 0.1) is 0 Å². The summed E-state index contributed by atoms with van der Waals surface area (Å²) in [5.41, 5.74) is 1.57. The largest absolute Gasteiger partial charge is 0.478 e. The van der Waals surface area contributed by atoms with Crippen molar-refractivity contribution < 1.29 is 9.90 Å². The van der Waals surface area contributed by atoms with E-state index in [9.17, 15) is 4.79 Å². The van der Waals surface area contributed by atoms with E-state index in [2.05, 4.69) is 0 Å². The van der Waals surface area contributed by atoms with Gasteiger partial charge in [-0.2, -0.15) is 0 Å². The van der Waals surface area contributed by atoms with Crippen LogP contribution in [0.25, 0.3) is 0 Å². The maximum absolute atomic E-state index is 10.7. The second kappa shape index (κ2) is 6.05. The second-order valence-corrected chi connectivity index (χ2v) is 4.43. The first kappa shape index (κ1) is 12.4. The van der Waals surface area contributed by atoms with Gasteiger partial charge in [0.2, 0.25) is 0 Å². The van der Waals surface area contributed by atoms with Gasteiger partial charge in [-0.3, -0.25) is 0 Å². The van der Waals surface area contributed by atoms with Crippen molar-refractivity contribution >= 4 is 40.9 Å². The second-order valence-electron chi connectivity index (χ2n) is 2.68. The minimum atomic E-state index is -0.934. The summed E-state index contributed by atoms with van der Waals surface area (Å²) in [6.45, 7) is 0. The van der Waals surface area contributed by atoms with Gasteiger partial charge in [-0.1, -0.05) is 29.3 Å². The summed E-state index contributed by atoms with van der Waals surface area (Å²) in [6.07, 6.45) is 0. The molecule has 0 aromatic heterocycles. The van der Waals surface area contributed by atoms with Crippen LogP contribution < -0.4 is 0 Å². The highest BCUT2D eigenvalue weighted by molar-refractivity contribution is 7.99. The molecule has 80 valence electrons. The zero-order valence-corrected chi connectivity index (χ0v) is 9.94. The standard InChI is InChI=1S/C10H8Cl2O2S/c11-5-8(12)6-15-9-3-1-2-7(4-9)10(13)14/h1-5H,6H2,(H,13,14). The lowest BCUT2D eigenvalue weighted by Crippen LogP contribution is -1.95. The third-order valence-corrected chi connectivity index (χ3v) is 3.40. The summed E-state index contributed by atoms with van der Waals surface area (Å²) in [5, 5.41) is 9.30. The van der Waals surface area contributed by atoms with Crippen molar-refractivity contribution in [2.75, 3.05) is 5.75 Å². The molecule has 0 unspecified atom stereocenters. The summed E-state index contributed by atoms with van der Waals surface area (Å²) in [4.78, 5) is 11.5. The molecule has 0 saturated carbocycles. The van der Waals surface area contributed by atoms with E-state index < -0.39 is 5.97 Å².